The van der Waals surface area contributed by atoms with Gasteiger partial charge in [-0.25, -0.2) is 0 Å². The van der Waals surface area contributed by atoms with E-state index in [-0.39, 0.29) is 5.91 Å². The third kappa shape index (κ3) is 2.92. The lowest BCUT2D eigenvalue weighted by Crippen LogP contribution is -2.16. The lowest BCUT2D eigenvalue weighted by Gasteiger charge is -2.06. The molecule has 0 saturated heterocycles. The molecule has 5 nitrogen and oxygen atoms in total. The van der Waals surface area contributed by atoms with Crippen LogP contribution in [-0.2, 0) is 6.54 Å². The predicted molar refractivity (Wildman–Crippen MR) is 70.3 cm³/mol. The molecule has 7 heteroatoms. The van der Waals surface area contributed by atoms with E-state index in [1.54, 1.807) is 11.6 Å². The van der Waals surface area contributed by atoms with Crippen LogP contribution in [0.4, 0.5) is 5.13 Å². The fourth-order valence-electron chi connectivity index (χ4n) is 1.48. The number of carbonyl (C=O) groups is 1. The molecule has 2 heterocycles. The zero-order valence-electron chi connectivity index (χ0n) is 9.18. The standard InChI is InChI=1S/C10H11BrN4OS/c1-2-3-15-5-7(11)4-8(15)9(16)13-10-14-12-6-17-10/h4-6H,2-3H2,1H3,(H,13,14,16). The molecule has 0 aliphatic carbocycles. The maximum atomic E-state index is 12.0. The number of carbonyl (C=O) groups excluding carboxylic acids is 1. The third-order valence-electron chi connectivity index (χ3n) is 2.14. The highest BCUT2D eigenvalue weighted by atomic mass is 79.9. The average molecular weight is 315 g/mol. The number of nitrogens with one attached hydrogen (secondary N) is 1. The third-order valence-corrected chi connectivity index (χ3v) is 3.18. The molecule has 0 unspecified atom stereocenters. The van der Waals surface area contributed by atoms with Crippen LogP contribution in [0.5, 0.6) is 0 Å². The van der Waals surface area contributed by atoms with Crippen LogP contribution in [0.2, 0.25) is 0 Å². The minimum atomic E-state index is -0.166. The Morgan fingerprint density at radius 3 is 3.12 bits per heavy atom. The normalized spacial score (nSPS) is 10.5. The molecule has 2 aromatic rings. The first-order chi connectivity index (χ1) is 8.20. The van der Waals surface area contributed by atoms with Crippen molar-refractivity contribution in [3.8, 4) is 0 Å². The molecule has 17 heavy (non-hydrogen) atoms. The van der Waals surface area contributed by atoms with Gasteiger partial charge in [0, 0.05) is 17.2 Å². The van der Waals surface area contributed by atoms with Crippen LogP contribution >= 0.6 is 27.3 Å². The Morgan fingerprint density at radius 2 is 2.47 bits per heavy atom. The minimum Gasteiger partial charge on any atom is -0.342 e. The maximum Gasteiger partial charge on any atom is 0.274 e. The van der Waals surface area contributed by atoms with Crippen LogP contribution < -0.4 is 5.32 Å². The zero-order valence-corrected chi connectivity index (χ0v) is 11.6. The van der Waals surface area contributed by atoms with Gasteiger partial charge in [-0.15, -0.1) is 10.2 Å². The average Bonchev–Trinajstić information content (AvgIpc) is 2.88. The summed E-state index contributed by atoms with van der Waals surface area (Å²) in [6.45, 7) is 2.88. The van der Waals surface area contributed by atoms with Crippen molar-refractivity contribution in [3.05, 3.63) is 27.9 Å². The van der Waals surface area contributed by atoms with E-state index in [0.717, 1.165) is 17.4 Å². The Hall–Kier alpha value is -1.21. The summed E-state index contributed by atoms with van der Waals surface area (Å²) < 4.78 is 2.81. The van der Waals surface area contributed by atoms with E-state index in [4.69, 9.17) is 0 Å². The first-order valence-corrected chi connectivity index (χ1v) is 6.81. The van der Waals surface area contributed by atoms with E-state index in [0.29, 0.717) is 10.8 Å². The van der Waals surface area contributed by atoms with Gasteiger partial charge in [-0.05, 0) is 28.4 Å². The number of nitrogens with zero attached hydrogens (tertiary/aromatic N) is 3. The van der Waals surface area contributed by atoms with Crippen molar-refractivity contribution < 1.29 is 4.79 Å². The SMILES string of the molecule is CCCn1cc(Br)cc1C(=O)Nc1nncs1. The Morgan fingerprint density at radius 1 is 1.65 bits per heavy atom. The Labute approximate surface area is 111 Å². The Bertz CT molecular complexity index is 508. The molecule has 0 spiro atoms. The summed E-state index contributed by atoms with van der Waals surface area (Å²) in [7, 11) is 0. The number of rotatable bonds is 4. The molecule has 0 radical (unpaired) electrons. The van der Waals surface area contributed by atoms with E-state index >= 15 is 0 Å². The fourth-order valence-corrected chi connectivity index (χ4v) is 2.38. The van der Waals surface area contributed by atoms with Gasteiger partial charge in [0.05, 0.1) is 0 Å². The van der Waals surface area contributed by atoms with Crippen molar-refractivity contribution in [2.24, 2.45) is 0 Å². The predicted octanol–water partition coefficient (Wildman–Crippen LogP) is 2.76. The van der Waals surface area contributed by atoms with Gasteiger partial charge in [-0.1, -0.05) is 18.3 Å². The molecule has 0 aromatic carbocycles. The highest BCUT2D eigenvalue weighted by molar-refractivity contribution is 9.10. The number of aromatic nitrogens is 3. The van der Waals surface area contributed by atoms with Gasteiger partial charge < -0.3 is 4.57 Å². The topological polar surface area (TPSA) is 59.8 Å². The number of hydrogen-bond donors (Lipinski definition) is 1. The summed E-state index contributed by atoms with van der Waals surface area (Å²) >= 11 is 4.67. The monoisotopic (exact) mass is 314 g/mol. The minimum absolute atomic E-state index is 0.166. The van der Waals surface area contributed by atoms with Crippen molar-refractivity contribution in [2.45, 2.75) is 19.9 Å². The Kier molecular flexibility index (Phi) is 3.90. The van der Waals surface area contributed by atoms with E-state index in [2.05, 4.69) is 38.4 Å². The summed E-state index contributed by atoms with van der Waals surface area (Å²) in [5.41, 5.74) is 2.20. The van der Waals surface area contributed by atoms with Crippen molar-refractivity contribution in [1.29, 1.82) is 0 Å². The van der Waals surface area contributed by atoms with Crippen molar-refractivity contribution in [1.82, 2.24) is 14.8 Å². The van der Waals surface area contributed by atoms with E-state index in [1.165, 1.54) is 11.3 Å². The van der Waals surface area contributed by atoms with Gasteiger partial charge in [0.15, 0.2) is 0 Å². The van der Waals surface area contributed by atoms with Crippen LogP contribution in [0.25, 0.3) is 0 Å². The van der Waals surface area contributed by atoms with Crippen LogP contribution in [0.3, 0.4) is 0 Å². The van der Waals surface area contributed by atoms with Crippen LogP contribution in [0.1, 0.15) is 23.8 Å². The lowest BCUT2D eigenvalue weighted by atomic mass is 10.4. The van der Waals surface area contributed by atoms with Gasteiger partial charge in [0.25, 0.3) is 5.91 Å². The maximum absolute atomic E-state index is 12.0. The second-order valence-corrected chi connectivity index (χ2v) is 5.18. The molecular weight excluding hydrogens is 304 g/mol. The number of aryl methyl sites for hydroxylation is 1. The molecule has 2 rings (SSSR count). The second-order valence-electron chi connectivity index (χ2n) is 3.43. The largest absolute Gasteiger partial charge is 0.342 e. The smallest absolute Gasteiger partial charge is 0.274 e. The van der Waals surface area contributed by atoms with E-state index < -0.39 is 0 Å². The van der Waals surface area contributed by atoms with Gasteiger partial charge in [-0.3, -0.25) is 10.1 Å². The molecule has 0 fully saturated rings. The molecule has 2 aromatic heterocycles. The number of anilines is 1. The van der Waals surface area contributed by atoms with E-state index in [9.17, 15) is 4.79 Å². The van der Waals surface area contributed by atoms with Crippen molar-refractivity contribution >= 4 is 38.3 Å². The number of hydrogen-bond acceptors (Lipinski definition) is 4. The summed E-state index contributed by atoms with van der Waals surface area (Å²) in [5, 5.41) is 10.7. The molecule has 90 valence electrons. The first kappa shape index (κ1) is 12.3. The summed E-state index contributed by atoms with van der Waals surface area (Å²) in [6, 6.07) is 1.80. The molecule has 0 atom stereocenters. The van der Waals surface area contributed by atoms with Crippen LogP contribution in [0, 0.1) is 0 Å². The molecule has 1 amide bonds. The van der Waals surface area contributed by atoms with E-state index in [1.807, 2.05) is 10.8 Å². The van der Waals surface area contributed by atoms with Crippen molar-refractivity contribution in [3.63, 3.8) is 0 Å². The van der Waals surface area contributed by atoms with Gasteiger partial charge >= 0.3 is 0 Å². The molecule has 1 N–H and O–H groups in total. The summed E-state index contributed by atoms with van der Waals surface area (Å²) in [6.07, 6.45) is 2.87. The van der Waals surface area contributed by atoms with Gasteiger partial charge in [0.1, 0.15) is 11.2 Å². The lowest BCUT2D eigenvalue weighted by molar-refractivity contribution is 0.101. The van der Waals surface area contributed by atoms with Gasteiger partial charge in [-0.2, -0.15) is 0 Å². The number of amides is 1. The van der Waals surface area contributed by atoms with Crippen LogP contribution in [0.15, 0.2) is 22.2 Å². The highest BCUT2D eigenvalue weighted by Gasteiger charge is 2.13. The summed E-state index contributed by atoms with van der Waals surface area (Å²) in [5.74, 6) is -0.166. The quantitative estimate of drug-likeness (QED) is 0.944. The Balaban J connectivity index is 2.18. The molecular formula is C10H11BrN4OS. The molecule has 0 saturated carbocycles. The zero-order chi connectivity index (χ0) is 12.3. The van der Waals surface area contributed by atoms with Gasteiger partial charge in [0.2, 0.25) is 5.13 Å². The fraction of sp³-hybridized carbons (Fsp3) is 0.300. The van der Waals surface area contributed by atoms with Crippen molar-refractivity contribution in [2.75, 3.05) is 5.32 Å². The first-order valence-electron chi connectivity index (χ1n) is 5.14. The highest BCUT2D eigenvalue weighted by Crippen LogP contribution is 2.17. The number of halogens is 1. The molecule has 0 bridgehead atoms. The van der Waals surface area contributed by atoms with Crippen LogP contribution in [-0.4, -0.2) is 20.7 Å². The summed E-state index contributed by atoms with van der Waals surface area (Å²) in [4.78, 5) is 12.0. The molecule has 0 aliphatic rings. The molecule has 0 aliphatic heterocycles. The second kappa shape index (κ2) is 5.42.